The van der Waals surface area contributed by atoms with E-state index < -0.39 is 0 Å². The summed E-state index contributed by atoms with van der Waals surface area (Å²) in [5, 5.41) is 2.74. The Hall–Kier alpha value is -1.69. The molecule has 0 bridgehead atoms. The van der Waals surface area contributed by atoms with Crippen molar-refractivity contribution >= 4 is 29.3 Å². The van der Waals surface area contributed by atoms with Crippen LogP contribution in [-0.4, -0.2) is 37.1 Å². The minimum atomic E-state index is -0.334. The maximum atomic E-state index is 11.6. The summed E-state index contributed by atoms with van der Waals surface area (Å²) in [6.07, 6.45) is 0. The summed E-state index contributed by atoms with van der Waals surface area (Å²) >= 11 is 1.21. The van der Waals surface area contributed by atoms with Gasteiger partial charge in [0, 0.05) is 5.69 Å². The van der Waals surface area contributed by atoms with E-state index in [-0.39, 0.29) is 23.4 Å². The first-order valence-corrected chi connectivity index (χ1v) is 6.98. The van der Waals surface area contributed by atoms with E-state index in [1.807, 2.05) is 6.92 Å². The number of anilines is 1. The third-order valence-corrected chi connectivity index (χ3v) is 3.04. The Morgan fingerprint density at radius 2 is 1.89 bits per heavy atom. The van der Waals surface area contributed by atoms with Gasteiger partial charge in [-0.05, 0) is 31.2 Å². The predicted octanol–water partition coefficient (Wildman–Crippen LogP) is 1.93. The lowest BCUT2D eigenvalue weighted by Gasteiger charge is -2.06. The molecule has 0 spiro atoms. The van der Waals surface area contributed by atoms with E-state index in [0.29, 0.717) is 12.3 Å². The van der Waals surface area contributed by atoms with Crippen molar-refractivity contribution in [1.29, 1.82) is 0 Å². The van der Waals surface area contributed by atoms with Crippen LogP contribution in [0.2, 0.25) is 0 Å². The third kappa shape index (κ3) is 6.15. The van der Waals surface area contributed by atoms with E-state index in [4.69, 9.17) is 4.74 Å². The first-order chi connectivity index (χ1) is 9.15. The lowest BCUT2D eigenvalue weighted by atomic mass is 10.3. The van der Waals surface area contributed by atoms with Crippen LogP contribution in [0.15, 0.2) is 24.3 Å². The molecule has 6 heteroatoms. The van der Waals surface area contributed by atoms with Gasteiger partial charge in [-0.15, -0.1) is 11.8 Å². The van der Waals surface area contributed by atoms with Crippen molar-refractivity contribution in [2.75, 3.05) is 30.5 Å². The van der Waals surface area contributed by atoms with Crippen molar-refractivity contribution in [3.05, 3.63) is 24.3 Å². The van der Waals surface area contributed by atoms with E-state index >= 15 is 0 Å². The van der Waals surface area contributed by atoms with Crippen LogP contribution < -0.4 is 10.1 Å². The summed E-state index contributed by atoms with van der Waals surface area (Å²) in [6, 6.07) is 7.13. The average molecular weight is 283 g/mol. The van der Waals surface area contributed by atoms with Crippen molar-refractivity contribution in [3.63, 3.8) is 0 Å². The maximum Gasteiger partial charge on any atom is 0.315 e. The number of amides is 1. The molecule has 104 valence electrons. The SMILES string of the molecule is CCOc1ccc(NC(=O)CSCC(=O)OC)cc1. The van der Waals surface area contributed by atoms with Gasteiger partial charge in [0.05, 0.1) is 25.2 Å². The number of hydrogen-bond acceptors (Lipinski definition) is 5. The first kappa shape index (κ1) is 15.4. The molecule has 0 aliphatic carbocycles. The number of carbonyl (C=O) groups excluding carboxylic acids is 2. The molecule has 0 aromatic heterocycles. The molecule has 0 atom stereocenters. The van der Waals surface area contributed by atoms with Crippen LogP contribution >= 0.6 is 11.8 Å². The highest BCUT2D eigenvalue weighted by Gasteiger charge is 2.05. The van der Waals surface area contributed by atoms with Crippen LogP contribution in [0.4, 0.5) is 5.69 Å². The number of hydrogen-bond donors (Lipinski definition) is 1. The topological polar surface area (TPSA) is 64.6 Å². The summed E-state index contributed by atoms with van der Waals surface area (Å²) in [4.78, 5) is 22.4. The van der Waals surface area contributed by atoms with Gasteiger partial charge in [0.25, 0.3) is 0 Å². The molecule has 1 amide bonds. The fourth-order valence-corrected chi connectivity index (χ4v) is 1.93. The summed E-state index contributed by atoms with van der Waals surface area (Å²) in [5.41, 5.74) is 0.701. The quantitative estimate of drug-likeness (QED) is 0.775. The van der Waals surface area contributed by atoms with Gasteiger partial charge in [0.1, 0.15) is 5.75 Å². The Kier molecular flexibility index (Phi) is 6.81. The summed E-state index contributed by atoms with van der Waals surface area (Å²) < 4.78 is 9.78. The highest BCUT2D eigenvalue weighted by atomic mass is 32.2. The number of carbonyl (C=O) groups is 2. The summed E-state index contributed by atoms with van der Waals surface area (Å²) in [7, 11) is 1.32. The zero-order chi connectivity index (χ0) is 14.1. The number of ether oxygens (including phenoxy) is 2. The second-order valence-corrected chi connectivity index (χ2v) is 4.56. The van der Waals surface area contributed by atoms with E-state index in [1.54, 1.807) is 24.3 Å². The number of rotatable bonds is 7. The Labute approximate surface area is 116 Å². The molecule has 0 heterocycles. The molecule has 0 aliphatic rings. The number of nitrogens with one attached hydrogen (secondary N) is 1. The average Bonchev–Trinajstić information content (AvgIpc) is 2.41. The number of esters is 1. The normalized spacial score (nSPS) is 9.79. The molecule has 1 rings (SSSR count). The van der Waals surface area contributed by atoms with Gasteiger partial charge in [-0.2, -0.15) is 0 Å². The van der Waals surface area contributed by atoms with Crippen molar-refractivity contribution in [3.8, 4) is 5.75 Å². The minimum absolute atomic E-state index is 0.155. The molecule has 0 radical (unpaired) electrons. The zero-order valence-electron chi connectivity index (χ0n) is 11.0. The third-order valence-electron chi connectivity index (χ3n) is 2.13. The Balaban J connectivity index is 2.33. The standard InChI is InChI=1S/C13H17NO4S/c1-3-18-11-6-4-10(5-7-11)14-12(15)8-19-9-13(16)17-2/h4-7H,3,8-9H2,1-2H3,(H,14,15). The van der Waals surface area contributed by atoms with Gasteiger partial charge in [-0.3, -0.25) is 9.59 Å². The van der Waals surface area contributed by atoms with E-state index in [9.17, 15) is 9.59 Å². The molecular formula is C13H17NO4S. The smallest absolute Gasteiger partial charge is 0.315 e. The lowest BCUT2D eigenvalue weighted by molar-refractivity contribution is -0.137. The van der Waals surface area contributed by atoms with E-state index in [0.717, 1.165) is 5.75 Å². The van der Waals surface area contributed by atoms with Crippen LogP contribution in [0.1, 0.15) is 6.92 Å². The largest absolute Gasteiger partial charge is 0.494 e. The molecule has 1 aromatic carbocycles. The fourth-order valence-electron chi connectivity index (χ4n) is 1.28. The van der Waals surface area contributed by atoms with Crippen molar-refractivity contribution < 1.29 is 19.1 Å². The number of benzene rings is 1. The van der Waals surface area contributed by atoms with Crippen molar-refractivity contribution in [2.45, 2.75) is 6.92 Å². The molecule has 0 unspecified atom stereocenters. The second-order valence-electron chi connectivity index (χ2n) is 3.57. The van der Waals surface area contributed by atoms with Crippen LogP contribution in [0.25, 0.3) is 0 Å². The van der Waals surface area contributed by atoms with Gasteiger partial charge in [0.15, 0.2) is 0 Å². The Morgan fingerprint density at radius 1 is 1.21 bits per heavy atom. The zero-order valence-corrected chi connectivity index (χ0v) is 11.8. The monoisotopic (exact) mass is 283 g/mol. The number of methoxy groups -OCH3 is 1. The fraction of sp³-hybridized carbons (Fsp3) is 0.385. The van der Waals surface area contributed by atoms with Gasteiger partial charge >= 0.3 is 5.97 Å². The molecule has 0 fully saturated rings. The second kappa shape index (κ2) is 8.42. The lowest BCUT2D eigenvalue weighted by Crippen LogP contribution is -2.15. The molecule has 19 heavy (non-hydrogen) atoms. The molecule has 0 saturated carbocycles. The van der Waals surface area contributed by atoms with Crippen molar-refractivity contribution in [2.24, 2.45) is 0 Å². The molecule has 5 nitrogen and oxygen atoms in total. The van der Waals surface area contributed by atoms with E-state index in [2.05, 4.69) is 10.1 Å². The summed E-state index contributed by atoms with van der Waals surface area (Å²) in [5.74, 6) is 0.660. The highest BCUT2D eigenvalue weighted by Crippen LogP contribution is 2.15. The van der Waals surface area contributed by atoms with Gasteiger partial charge in [-0.25, -0.2) is 0 Å². The minimum Gasteiger partial charge on any atom is -0.494 e. The van der Waals surface area contributed by atoms with Crippen LogP contribution in [0, 0.1) is 0 Å². The maximum absolute atomic E-state index is 11.6. The Bertz CT molecular complexity index is 419. The highest BCUT2D eigenvalue weighted by molar-refractivity contribution is 8.00. The molecule has 0 saturated heterocycles. The molecule has 0 aliphatic heterocycles. The molecule has 1 aromatic rings. The van der Waals surface area contributed by atoms with Crippen LogP contribution in [-0.2, 0) is 14.3 Å². The van der Waals surface area contributed by atoms with Gasteiger partial charge in [-0.1, -0.05) is 0 Å². The molecular weight excluding hydrogens is 266 g/mol. The van der Waals surface area contributed by atoms with Gasteiger partial charge in [0.2, 0.25) is 5.91 Å². The molecule has 1 N–H and O–H groups in total. The van der Waals surface area contributed by atoms with Gasteiger partial charge < -0.3 is 14.8 Å². The van der Waals surface area contributed by atoms with E-state index in [1.165, 1.54) is 18.9 Å². The Morgan fingerprint density at radius 3 is 2.47 bits per heavy atom. The summed E-state index contributed by atoms with van der Waals surface area (Å²) in [6.45, 7) is 2.52. The predicted molar refractivity (Wildman–Crippen MR) is 75.6 cm³/mol. The number of thioether (sulfide) groups is 1. The van der Waals surface area contributed by atoms with Crippen LogP contribution in [0.3, 0.4) is 0 Å². The van der Waals surface area contributed by atoms with Crippen LogP contribution in [0.5, 0.6) is 5.75 Å². The first-order valence-electron chi connectivity index (χ1n) is 5.83. The van der Waals surface area contributed by atoms with Crippen molar-refractivity contribution in [1.82, 2.24) is 0 Å².